The summed E-state index contributed by atoms with van der Waals surface area (Å²) in [6.07, 6.45) is 5.34. The number of aliphatic hydroxyl groups excluding tert-OH is 1. The molecule has 1 amide bonds. The Balaban J connectivity index is 1.67. The van der Waals surface area contributed by atoms with E-state index in [0.717, 1.165) is 17.7 Å². The lowest BCUT2D eigenvalue weighted by atomic mass is 10.00. The first-order valence-corrected chi connectivity index (χ1v) is 12.3. The first-order chi connectivity index (χ1) is 15.9. The molecule has 3 rings (SSSR count). The van der Waals surface area contributed by atoms with Crippen LogP contribution < -0.4 is 4.74 Å². The van der Waals surface area contributed by atoms with E-state index in [-0.39, 0.29) is 31.7 Å². The molecule has 178 valence electrons. The Bertz CT molecular complexity index is 967. The van der Waals surface area contributed by atoms with E-state index in [9.17, 15) is 9.90 Å². The van der Waals surface area contributed by atoms with Crippen LogP contribution in [0.1, 0.15) is 34.5 Å². The van der Waals surface area contributed by atoms with Gasteiger partial charge in [-0.3, -0.25) is 9.69 Å². The van der Waals surface area contributed by atoms with Crippen molar-refractivity contribution in [2.45, 2.75) is 39.3 Å². The van der Waals surface area contributed by atoms with Crippen molar-refractivity contribution in [3.8, 4) is 18.1 Å². The molecule has 2 heterocycles. The first kappa shape index (κ1) is 25.3. The number of nitrogens with zero attached hydrogens (tertiary/aromatic N) is 2. The summed E-state index contributed by atoms with van der Waals surface area (Å²) in [4.78, 5) is 18.6. The Morgan fingerprint density at radius 1 is 1.39 bits per heavy atom. The number of likely N-dealkylation sites (N-methyl/N-ethyl adjacent to an activating group) is 1. The van der Waals surface area contributed by atoms with Crippen LogP contribution in [0.3, 0.4) is 0 Å². The van der Waals surface area contributed by atoms with Crippen molar-refractivity contribution in [1.29, 1.82) is 0 Å². The zero-order valence-corrected chi connectivity index (χ0v) is 20.6. The van der Waals surface area contributed by atoms with Gasteiger partial charge in [-0.05, 0) is 55.5 Å². The van der Waals surface area contributed by atoms with Crippen LogP contribution in [0, 0.1) is 26.2 Å². The van der Waals surface area contributed by atoms with E-state index in [1.807, 2.05) is 35.8 Å². The largest absolute Gasteiger partial charge is 0.491 e. The molecular formula is C26H34N2O4S. The minimum atomic E-state index is -0.695. The highest BCUT2D eigenvalue weighted by atomic mass is 32.1. The summed E-state index contributed by atoms with van der Waals surface area (Å²) < 4.78 is 11.4. The van der Waals surface area contributed by atoms with Crippen molar-refractivity contribution in [3.05, 3.63) is 51.2 Å². The van der Waals surface area contributed by atoms with Gasteiger partial charge in [0.2, 0.25) is 5.91 Å². The van der Waals surface area contributed by atoms with E-state index < -0.39 is 6.10 Å². The molecular weight excluding hydrogens is 436 g/mol. The Labute approximate surface area is 201 Å². The monoisotopic (exact) mass is 470 g/mol. The molecule has 0 bridgehead atoms. The van der Waals surface area contributed by atoms with Gasteiger partial charge < -0.3 is 19.5 Å². The predicted molar refractivity (Wildman–Crippen MR) is 132 cm³/mol. The van der Waals surface area contributed by atoms with E-state index in [2.05, 4.69) is 30.4 Å². The van der Waals surface area contributed by atoms with Crippen LogP contribution in [-0.2, 0) is 16.0 Å². The lowest BCUT2D eigenvalue weighted by Crippen LogP contribution is -2.48. The number of terminal acetylenes is 1. The van der Waals surface area contributed by atoms with Gasteiger partial charge in [-0.25, -0.2) is 0 Å². The minimum Gasteiger partial charge on any atom is -0.491 e. The second-order valence-electron chi connectivity index (χ2n) is 8.43. The number of carbonyl (C=O) groups excluding carboxylic acids is 1. The number of hydrogen-bond donors (Lipinski definition) is 1. The molecule has 1 aliphatic rings. The molecule has 1 N–H and O–H groups in total. The van der Waals surface area contributed by atoms with Crippen LogP contribution in [0.15, 0.2) is 29.6 Å². The fourth-order valence-corrected chi connectivity index (χ4v) is 5.13. The summed E-state index contributed by atoms with van der Waals surface area (Å²) in [6, 6.07) is 8.12. The summed E-state index contributed by atoms with van der Waals surface area (Å²) >= 11 is 1.74. The molecule has 7 heteroatoms. The van der Waals surface area contributed by atoms with Crippen molar-refractivity contribution in [1.82, 2.24) is 9.80 Å². The summed E-state index contributed by atoms with van der Waals surface area (Å²) in [6.45, 7) is 8.73. The number of aliphatic hydroxyl groups is 1. The molecule has 2 atom stereocenters. The average molecular weight is 471 g/mol. The van der Waals surface area contributed by atoms with E-state index in [1.54, 1.807) is 11.3 Å². The van der Waals surface area contributed by atoms with Crippen LogP contribution in [0.25, 0.3) is 0 Å². The van der Waals surface area contributed by atoms with Gasteiger partial charge in [-0.2, -0.15) is 0 Å². The Hall–Kier alpha value is -2.37. The van der Waals surface area contributed by atoms with Gasteiger partial charge in [-0.15, -0.1) is 17.8 Å². The third-order valence-corrected chi connectivity index (χ3v) is 6.91. The highest BCUT2D eigenvalue weighted by Gasteiger charge is 2.33. The van der Waals surface area contributed by atoms with Crippen LogP contribution in [-0.4, -0.2) is 72.9 Å². The maximum absolute atomic E-state index is 13.4. The minimum absolute atomic E-state index is 0.0414. The van der Waals surface area contributed by atoms with Crippen molar-refractivity contribution in [2.24, 2.45) is 0 Å². The fraction of sp³-hybridized carbons (Fsp3) is 0.500. The highest BCUT2D eigenvalue weighted by Crippen LogP contribution is 2.34. The number of thiophene rings is 1. The molecule has 0 radical (unpaired) electrons. The zero-order chi connectivity index (χ0) is 23.8. The van der Waals surface area contributed by atoms with Gasteiger partial charge in [0.05, 0.1) is 25.3 Å². The highest BCUT2D eigenvalue weighted by molar-refractivity contribution is 7.10. The molecule has 33 heavy (non-hydrogen) atoms. The third kappa shape index (κ3) is 6.81. The maximum Gasteiger partial charge on any atom is 0.237 e. The van der Waals surface area contributed by atoms with Gasteiger partial charge in [0.15, 0.2) is 0 Å². The summed E-state index contributed by atoms with van der Waals surface area (Å²) in [5, 5.41) is 12.3. The lowest BCUT2D eigenvalue weighted by molar-refractivity contribution is -0.136. The second kappa shape index (κ2) is 12.2. The number of amides is 1. The van der Waals surface area contributed by atoms with Gasteiger partial charge >= 0.3 is 0 Å². The molecule has 0 unspecified atom stereocenters. The number of hydrogen-bond acceptors (Lipinski definition) is 6. The molecule has 0 aliphatic carbocycles. The molecule has 0 saturated heterocycles. The smallest absolute Gasteiger partial charge is 0.237 e. The number of fused-ring (bicyclic) bond motifs is 1. The van der Waals surface area contributed by atoms with Crippen molar-refractivity contribution >= 4 is 17.2 Å². The van der Waals surface area contributed by atoms with E-state index >= 15 is 0 Å². The predicted octanol–water partition coefficient (Wildman–Crippen LogP) is 3.20. The van der Waals surface area contributed by atoms with Gasteiger partial charge in [0.1, 0.15) is 19.0 Å². The van der Waals surface area contributed by atoms with Gasteiger partial charge in [0.25, 0.3) is 0 Å². The number of benzene rings is 1. The maximum atomic E-state index is 13.4. The number of carbonyl (C=O) groups is 1. The Morgan fingerprint density at radius 2 is 2.21 bits per heavy atom. The molecule has 1 aromatic carbocycles. The summed E-state index contributed by atoms with van der Waals surface area (Å²) in [7, 11) is 0. The third-order valence-electron chi connectivity index (χ3n) is 5.91. The standard InChI is InChI=1S/C26H34N2O4S/c1-5-12-31-17-21(29)15-27(6-2)16-26(30)28-11-9-25-22(10-13-33-25)23(28)18-32-24-8-7-19(3)14-20(24)4/h1,7-8,10,13-14,21,23,29H,6,9,11-12,15-18H2,2-4H3/t21-,23-/m1/s1. The van der Waals surface area contributed by atoms with Gasteiger partial charge in [-0.1, -0.05) is 30.5 Å². The van der Waals surface area contributed by atoms with E-state index in [1.165, 1.54) is 16.0 Å². The molecule has 1 aliphatic heterocycles. The summed E-state index contributed by atoms with van der Waals surface area (Å²) in [5.41, 5.74) is 3.46. The molecule has 2 aromatic rings. The van der Waals surface area contributed by atoms with Crippen LogP contribution >= 0.6 is 11.3 Å². The SMILES string of the molecule is C#CCOC[C@H](O)CN(CC)CC(=O)N1CCc2sccc2[C@H]1COc1ccc(C)cc1C. The summed E-state index contributed by atoms with van der Waals surface area (Å²) in [5.74, 6) is 3.28. The molecule has 0 fully saturated rings. The second-order valence-corrected chi connectivity index (χ2v) is 9.43. The van der Waals surface area contributed by atoms with Gasteiger partial charge in [0, 0.05) is 18.0 Å². The number of rotatable bonds is 11. The normalized spacial score (nSPS) is 16.4. The lowest BCUT2D eigenvalue weighted by Gasteiger charge is -2.37. The Kier molecular flexibility index (Phi) is 9.33. The fourth-order valence-electron chi connectivity index (χ4n) is 4.20. The topological polar surface area (TPSA) is 62.2 Å². The molecule has 0 saturated carbocycles. The van der Waals surface area contributed by atoms with Crippen molar-refractivity contribution in [3.63, 3.8) is 0 Å². The van der Waals surface area contributed by atoms with Crippen LogP contribution in [0.4, 0.5) is 0 Å². The molecule has 0 spiro atoms. The number of aryl methyl sites for hydroxylation is 2. The van der Waals surface area contributed by atoms with Crippen molar-refractivity contribution < 1.29 is 19.4 Å². The zero-order valence-electron chi connectivity index (χ0n) is 19.8. The van der Waals surface area contributed by atoms with Crippen LogP contribution in [0.5, 0.6) is 5.75 Å². The van der Waals surface area contributed by atoms with Crippen LogP contribution in [0.2, 0.25) is 0 Å². The Morgan fingerprint density at radius 3 is 2.94 bits per heavy atom. The van der Waals surface area contributed by atoms with E-state index in [4.69, 9.17) is 15.9 Å². The number of ether oxygens (including phenoxy) is 2. The average Bonchev–Trinajstić information content (AvgIpc) is 3.27. The van der Waals surface area contributed by atoms with Crippen molar-refractivity contribution in [2.75, 3.05) is 46.0 Å². The molecule has 6 nitrogen and oxygen atoms in total. The first-order valence-electron chi connectivity index (χ1n) is 11.4. The molecule has 1 aromatic heterocycles. The quantitative estimate of drug-likeness (QED) is 0.404. The van der Waals surface area contributed by atoms with E-state index in [0.29, 0.717) is 26.2 Å².